The summed E-state index contributed by atoms with van der Waals surface area (Å²) in [4.78, 5) is 9.00. The summed E-state index contributed by atoms with van der Waals surface area (Å²) in [7, 11) is 0. The normalized spacial score (nSPS) is 16.5. The molecule has 0 saturated carbocycles. The molecule has 0 aromatic carbocycles. The van der Waals surface area contributed by atoms with Crippen molar-refractivity contribution in [1.29, 1.82) is 0 Å². The van der Waals surface area contributed by atoms with Gasteiger partial charge in [-0.05, 0) is 12.1 Å². The number of morpholine rings is 1. The Hall–Kier alpha value is -1.18. The number of rotatable bonds is 7. The molecule has 2 aromatic heterocycles. The van der Waals surface area contributed by atoms with Gasteiger partial charge in [0, 0.05) is 45.5 Å². The molecule has 2 aromatic rings. The zero-order chi connectivity index (χ0) is 16.1. The second-order valence-electron chi connectivity index (χ2n) is 5.73. The van der Waals surface area contributed by atoms with Gasteiger partial charge in [-0.2, -0.15) is 0 Å². The fourth-order valence-corrected chi connectivity index (χ4v) is 3.13. The molecule has 0 unspecified atom stereocenters. The van der Waals surface area contributed by atoms with Gasteiger partial charge < -0.3 is 14.2 Å². The lowest BCUT2D eigenvalue weighted by atomic mass is 10.3. The van der Waals surface area contributed by atoms with Crippen molar-refractivity contribution in [2.75, 3.05) is 52.5 Å². The number of halogens is 1. The molecule has 0 bridgehead atoms. The minimum absolute atomic E-state index is 0.136. The van der Waals surface area contributed by atoms with Crippen LogP contribution in [0.5, 0.6) is 0 Å². The van der Waals surface area contributed by atoms with E-state index in [1.807, 2.05) is 28.8 Å². The lowest BCUT2D eigenvalue weighted by Crippen LogP contribution is -2.42. The first-order chi connectivity index (χ1) is 11.3. The van der Waals surface area contributed by atoms with Gasteiger partial charge in [0.1, 0.15) is 5.65 Å². The summed E-state index contributed by atoms with van der Waals surface area (Å²) in [6.45, 7) is 6.85. The molecule has 7 heteroatoms. The predicted molar refractivity (Wildman–Crippen MR) is 89.8 cm³/mol. The first-order valence-corrected chi connectivity index (χ1v) is 8.40. The predicted octanol–water partition coefficient (Wildman–Crippen LogP) is 1.11. The Bertz CT molecular complexity index is 628. The summed E-state index contributed by atoms with van der Waals surface area (Å²) < 4.78 is 7.39. The number of imidazole rings is 1. The average molecular weight is 339 g/mol. The van der Waals surface area contributed by atoms with Crippen LogP contribution in [0.1, 0.15) is 5.69 Å². The molecule has 1 N–H and O–H groups in total. The van der Waals surface area contributed by atoms with Crippen molar-refractivity contribution in [3.8, 4) is 0 Å². The maximum Gasteiger partial charge on any atom is 0.152 e. The summed E-state index contributed by atoms with van der Waals surface area (Å²) in [5.41, 5.74) is 1.82. The van der Waals surface area contributed by atoms with E-state index in [0.29, 0.717) is 18.2 Å². The fraction of sp³-hybridized carbons (Fsp3) is 0.562. The Morgan fingerprint density at radius 2 is 2.09 bits per heavy atom. The highest BCUT2D eigenvalue weighted by molar-refractivity contribution is 6.30. The quantitative estimate of drug-likeness (QED) is 0.819. The van der Waals surface area contributed by atoms with Gasteiger partial charge in [0.25, 0.3) is 0 Å². The van der Waals surface area contributed by atoms with Gasteiger partial charge in [0.2, 0.25) is 0 Å². The molecule has 1 fully saturated rings. The number of hydrogen-bond donors (Lipinski definition) is 1. The van der Waals surface area contributed by atoms with Crippen molar-refractivity contribution < 1.29 is 9.84 Å². The highest BCUT2D eigenvalue weighted by Crippen LogP contribution is 2.19. The molecule has 0 amide bonds. The zero-order valence-electron chi connectivity index (χ0n) is 13.2. The van der Waals surface area contributed by atoms with E-state index in [2.05, 4.69) is 14.8 Å². The van der Waals surface area contributed by atoms with Crippen LogP contribution in [0.15, 0.2) is 24.4 Å². The van der Waals surface area contributed by atoms with Crippen molar-refractivity contribution in [2.45, 2.75) is 6.54 Å². The third kappa shape index (κ3) is 4.22. The molecular formula is C16H23ClN4O2. The first-order valence-electron chi connectivity index (χ1n) is 8.02. The van der Waals surface area contributed by atoms with Crippen LogP contribution >= 0.6 is 11.6 Å². The molecule has 3 rings (SSSR count). The largest absolute Gasteiger partial charge is 0.395 e. The van der Waals surface area contributed by atoms with Crippen LogP contribution in [0, 0.1) is 0 Å². The highest BCUT2D eigenvalue weighted by Gasteiger charge is 2.16. The molecule has 1 aliphatic heterocycles. The molecule has 0 spiro atoms. The third-order valence-electron chi connectivity index (χ3n) is 4.21. The second kappa shape index (κ2) is 8.08. The number of ether oxygens (including phenoxy) is 1. The number of fused-ring (bicyclic) bond motifs is 1. The van der Waals surface area contributed by atoms with Gasteiger partial charge in [-0.1, -0.05) is 17.7 Å². The SMILES string of the molecule is OCCN(CCN1CCOCC1)Cc1c(Cl)nc2ccccn12. The summed E-state index contributed by atoms with van der Waals surface area (Å²) in [5.74, 6) is 0. The third-order valence-corrected chi connectivity index (χ3v) is 4.51. The lowest BCUT2D eigenvalue weighted by Gasteiger charge is -2.29. The van der Waals surface area contributed by atoms with Crippen molar-refractivity contribution in [1.82, 2.24) is 19.2 Å². The van der Waals surface area contributed by atoms with Gasteiger partial charge in [-0.15, -0.1) is 0 Å². The van der Waals surface area contributed by atoms with Crippen molar-refractivity contribution >= 4 is 17.2 Å². The Balaban J connectivity index is 1.66. The molecule has 1 aliphatic rings. The number of aliphatic hydroxyl groups is 1. The van der Waals surface area contributed by atoms with Gasteiger partial charge in [0.05, 0.1) is 25.5 Å². The minimum Gasteiger partial charge on any atom is -0.395 e. The summed E-state index contributed by atoms with van der Waals surface area (Å²) in [6.07, 6.45) is 1.97. The average Bonchev–Trinajstić information content (AvgIpc) is 2.89. The van der Waals surface area contributed by atoms with Crippen LogP contribution < -0.4 is 0 Å². The van der Waals surface area contributed by atoms with Crippen LogP contribution in [0.4, 0.5) is 0 Å². The maximum absolute atomic E-state index is 9.35. The van der Waals surface area contributed by atoms with E-state index >= 15 is 0 Å². The topological polar surface area (TPSA) is 53.2 Å². The number of aliphatic hydroxyl groups excluding tert-OH is 1. The number of pyridine rings is 1. The first kappa shape index (κ1) is 16.7. The van der Waals surface area contributed by atoms with E-state index in [9.17, 15) is 5.11 Å². The molecule has 126 valence electrons. The number of nitrogens with zero attached hydrogens (tertiary/aromatic N) is 4. The molecule has 1 saturated heterocycles. The van der Waals surface area contributed by atoms with Crippen LogP contribution in [-0.2, 0) is 11.3 Å². The highest BCUT2D eigenvalue weighted by atomic mass is 35.5. The van der Waals surface area contributed by atoms with Gasteiger partial charge in [-0.25, -0.2) is 4.98 Å². The summed E-state index contributed by atoms with van der Waals surface area (Å²) >= 11 is 6.31. The standard InChI is InChI=1S/C16H23ClN4O2/c17-16-14(21-4-2-1-3-15(21)18-16)13-20(7-10-22)6-5-19-8-11-23-12-9-19/h1-4,22H,5-13H2. The molecule has 0 aliphatic carbocycles. The lowest BCUT2D eigenvalue weighted by molar-refractivity contribution is 0.0319. The maximum atomic E-state index is 9.35. The molecule has 0 radical (unpaired) electrons. The van der Waals surface area contributed by atoms with Crippen LogP contribution in [0.2, 0.25) is 5.15 Å². The van der Waals surface area contributed by atoms with E-state index in [1.54, 1.807) is 0 Å². The van der Waals surface area contributed by atoms with Gasteiger partial charge in [0.15, 0.2) is 5.15 Å². The Kier molecular flexibility index (Phi) is 5.85. The molecule has 3 heterocycles. The van der Waals surface area contributed by atoms with Crippen molar-refractivity contribution in [2.24, 2.45) is 0 Å². The van der Waals surface area contributed by atoms with E-state index in [0.717, 1.165) is 50.7 Å². The van der Waals surface area contributed by atoms with E-state index in [4.69, 9.17) is 16.3 Å². The Morgan fingerprint density at radius 3 is 2.87 bits per heavy atom. The number of hydrogen-bond acceptors (Lipinski definition) is 5. The summed E-state index contributed by atoms with van der Waals surface area (Å²) in [6, 6.07) is 5.87. The van der Waals surface area contributed by atoms with Crippen LogP contribution in [0.25, 0.3) is 5.65 Å². The zero-order valence-corrected chi connectivity index (χ0v) is 14.0. The van der Waals surface area contributed by atoms with Gasteiger partial charge in [-0.3, -0.25) is 9.80 Å². The molecule has 0 atom stereocenters. The van der Waals surface area contributed by atoms with Crippen molar-refractivity contribution in [3.05, 3.63) is 35.2 Å². The Labute approximate surface area is 141 Å². The van der Waals surface area contributed by atoms with Crippen molar-refractivity contribution in [3.63, 3.8) is 0 Å². The minimum atomic E-state index is 0.136. The Morgan fingerprint density at radius 1 is 1.26 bits per heavy atom. The summed E-state index contributed by atoms with van der Waals surface area (Å²) in [5, 5.41) is 9.89. The van der Waals surface area contributed by atoms with E-state index in [1.165, 1.54) is 0 Å². The monoisotopic (exact) mass is 338 g/mol. The van der Waals surface area contributed by atoms with E-state index < -0.39 is 0 Å². The van der Waals surface area contributed by atoms with Crippen LogP contribution in [-0.4, -0.2) is 76.8 Å². The molecular weight excluding hydrogens is 316 g/mol. The van der Waals surface area contributed by atoms with Gasteiger partial charge >= 0.3 is 0 Å². The smallest absolute Gasteiger partial charge is 0.152 e. The number of aromatic nitrogens is 2. The molecule has 6 nitrogen and oxygen atoms in total. The van der Waals surface area contributed by atoms with Crippen LogP contribution in [0.3, 0.4) is 0 Å². The molecule has 23 heavy (non-hydrogen) atoms. The fourth-order valence-electron chi connectivity index (χ4n) is 2.89. The second-order valence-corrected chi connectivity index (χ2v) is 6.09. The van der Waals surface area contributed by atoms with E-state index in [-0.39, 0.29) is 6.61 Å².